The van der Waals surface area contributed by atoms with Crippen LogP contribution in [0, 0.1) is 0 Å². The van der Waals surface area contributed by atoms with Crippen molar-refractivity contribution in [3.05, 3.63) is 138 Å². The Morgan fingerprint density at radius 1 is 0.455 bits per heavy atom. The first-order valence-corrected chi connectivity index (χ1v) is 15.7. The van der Waals surface area contributed by atoms with Crippen LogP contribution in [-0.4, -0.2) is 34.9 Å². The second-order valence-corrected chi connectivity index (χ2v) is 11.7. The first-order valence-electron chi connectivity index (χ1n) is 14.2. The third-order valence-corrected chi connectivity index (χ3v) is 7.70. The van der Waals surface area contributed by atoms with E-state index in [0.717, 1.165) is 84.1 Å². The summed E-state index contributed by atoms with van der Waals surface area (Å²) in [6.45, 7) is 0. The third kappa shape index (κ3) is 6.61. The van der Waals surface area contributed by atoms with Crippen LogP contribution in [0.4, 0.5) is 0 Å². The fourth-order valence-electron chi connectivity index (χ4n) is 4.97. The normalized spacial score (nSPS) is 11.6. The molecule has 0 aliphatic carbocycles. The minimum absolute atomic E-state index is 0.939. The number of para-hydroxylation sites is 3. The molecule has 0 saturated heterocycles. The summed E-state index contributed by atoms with van der Waals surface area (Å²) in [5, 5.41) is 1.20. The molecule has 8 bridgehead atoms. The summed E-state index contributed by atoms with van der Waals surface area (Å²) < 4.78 is 1.10. The third-order valence-electron chi connectivity index (χ3n) is 6.99. The molecule has 0 radical (unpaired) electrons. The van der Waals surface area contributed by atoms with Gasteiger partial charge in [-0.1, -0.05) is 24.3 Å². The number of rotatable bonds is 0. The van der Waals surface area contributed by atoms with Crippen LogP contribution in [0.15, 0.2) is 115 Å². The Morgan fingerprint density at radius 2 is 0.932 bits per heavy atom. The van der Waals surface area contributed by atoms with Crippen LogP contribution in [-0.2, 0) is 18.3 Å². The van der Waals surface area contributed by atoms with Crippen LogP contribution in [0.25, 0.3) is 68.3 Å². The minimum atomic E-state index is 0.939. The molecule has 0 fully saturated rings. The predicted molar refractivity (Wildman–Crippen MR) is 176 cm³/mol. The SMILES string of the molecule is C1=Cc2cc3ccc(cc4nc(cc5ccc(cc1n2)[nH]5)C=C4)[nH]3.[Zn][c]1nc2ccccc2[nH]1.c1ccc2ncccc2c1. The topological polar surface area (TPSA) is 98.9 Å². The van der Waals surface area contributed by atoms with Crippen LogP contribution in [0.1, 0.15) is 22.8 Å². The molecule has 3 N–H and O–H groups in total. The number of pyridine rings is 1. The zero-order chi connectivity index (χ0) is 29.7. The van der Waals surface area contributed by atoms with E-state index in [1.54, 1.807) is 0 Å². The second kappa shape index (κ2) is 12.4. The monoisotopic (exact) mass is 620 g/mol. The van der Waals surface area contributed by atoms with E-state index in [0.29, 0.717) is 0 Å². The van der Waals surface area contributed by atoms with Crippen LogP contribution in [0.2, 0.25) is 0 Å². The van der Waals surface area contributed by atoms with Crippen LogP contribution < -0.4 is 4.42 Å². The molecule has 0 saturated carbocycles. The van der Waals surface area contributed by atoms with Crippen molar-refractivity contribution in [2.75, 3.05) is 0 Å². The molecule has 8 heteroatoms. The van der Waals surface area contributed by atoms with Gasteiger partial charge in [0, 0.05) is 33.6 Å². The van der Waals surface area contributed by atoms with E-state index in [1.165, 1.54) is 5.39 Å². The van der Waals surface area contributed by atoms with Gasteiger partial charge in [-0.2, -0.15) is 0 Å². The fourth-order valence-corrected chi connectivity index (χ4v) is 5.72. The number of H-pyrrole nitrogens is 3. The zero-order valence-electron chi connectivity index (χ0n) is 23.8. The summed E-state index contributed by atoms with van der Waals surface area (Å²) >= 11 is 1.09. The van der Waals surface area contributed by atoms with Crippen molar-refractivity contribution in [2.24, 2.45) is 0 Å². The van der Waals surface area contributed by atoms with Gasteiger partial charge in [-0.15, -0.1) is 0 Å². The molecule has 0 spiro atoms. The average Bonchev–Trinajstić information content (AvgIpc) is 3.88. The Bertz CT molecular complexity index is 2050. The van der Waals surface area contributed by atoms with Gasteiger partial charge in [0.25, 0.3) is 0 Å². The quantitative estimate of drug-likeness (QED) is 0.152. The van der Waals surface area contributed by atoms with Crippen molar-refractivity contribution >= 4 is 72.7 Å². The molecule has 7 heterocycles. The van der Waals surface area contributed by atoms with E-state index in [1.807, 2.05) is 103 Å². The number of aromatic amines is 3. The molecule has 44 heavy (non-hydrogen) atoms. The van der Waals surface area contributed by atoms with Crippen molar-refractivity contribution < 1.29 is 18.3 Å². The van der Waals surface area contributed by atoms with E-state index in [2.05, 4.69) is 71.3 Å². The fraction of sp³-hybridized carbons (Fsp3) is 0. The predicted octanol–water partition coefficient (Wildman–Crippen LogP) is 7.63. The zero-order valence-corrected chi connectivity index (χ0v) is 26.7. The van der Waals surface area contributed by atoms with Gasteiger partial charge in [0.2, 0.25) is 0 Å². The number of fused-ring (bicyclic) bond motifs is 10. The number of imidazole rings is 1. The van der Waals surface area contributed by atoms with Crippen LogP contribution in [0.3, 0.4) is 0 Å². The maximum Gasteiger partial charge on any atom is 0.0701 e. The standard InChI is InChI=1S/C20H14N4.C9H7N.C7H5N2.Zn/c1-2-14-10-16-5-6-18(23-16)12-20-8-7-19(24-20)11-17-4-3-15(22-17)9-13(1)21-14;1-2-6-9-8(4-1)5-3-7-10-9;1-2-4-7-6(3-1)8-5-9-7;/h1-12,21,24H;1-7H;1-4H,(H,8,9);. The van der Waals surface area contributed by atoms with Crippen molar-refractivity contribution in [3.8, 4) is 0 Å². The Labute approximate surface area is 263 Å². The Kier molecular flexibility index (Phi) is 7.73. The van der Waals surface area contributed by atoms with Gasteiger partial charge in [0.05, 0.1) is 28.3 Å². The van der Waals surface area contributed by atoms with Gasteiger partial charge in [-0.25, -0.2) is 9.97 Å². The number of aromatic nitrogens is 7. The van der Waals surface area contributed by atoms with Gasteiger partial charge in [-0.3, -0.25) is 4.98 Å². The Balaban J connectivity index is 0.000000128. The first kappa shape index (κ1) is 27.4. The van der Waals surface area contributed by atoms with Crippen LogP contribution >= 0.6 is 0 Å². The molecule has 2 aliphatic heterocycles. The largest absolute Gasteiger partial charge is 0.256 e. The van der Waals surface area contributed by atoms with E-state index >= 15 is 0 Å². The molecular formula is C36H26N7Zn. The second-order valence-electron chi connectivity index (χ2n) is 10.3. The van der Waals surface area contributed by atoms with Crippen molar-refractivity contribution in [3.63, 3.8) is 0 Å². The van der Waals surface area contributed by atoms with Gasteiger partial charge in [0.1, 0.15) is 0 Å². The molecule has 2 aliphatic rings. The summed E-state index contributed by atoms with van der Waals surface area (Å²) in [6.07, 6.45) is 9.90. The van der Waals surface area contributed by atoms with Gasteiger partial charge >= 0.3 is 68.0 Å². The minimum Gasteiger partial charge on any atom is -0.256 e. The molecule has 0 atom stereocenters. The molecule has 7 aromatic rings. The number of hydrogen-bond acceptors (Lipinski definition) is 4. The molecule has 0 unspecified atom stereocenters. The molecule has 5 aromatic heterocycles. The van der Waals surface area contributed by atoms with Gasteiger partial charge in [-0.05, 0) is 85.0 Å². The maximum atomic E-state index is 4.63. The number of nitrogens with zero attached hydrogens (tertiary/aromatic N) is 4. The molecule has 0 amide bonds. The van der Waals surface area contributed by atoms with E-state index in [-0.39, 0.29) is 0 Å². The first-order chi connectivity index (χ1) is 21.6. The summed E-state index contributed by atoms with van der Waals surface area (Å²) in [7, 11) is 0. The van der Waals surface area contributed by atoms with Crippen molar-refractivity contribution in [2.45, 2.75) is 0 Å². The number of hydrogen-bond donors (Lipinski definition) is 3. The van der Waals surface area contributed by atoms with Gasteiger partial charge in [0.15, 0.2) is 0 Å². The van der Waals surface area contributed by atoms with Crippen molar-refractivity contribution in [1.29, 1.82) is 0 Å². The molecule has 2 aromatic carbocycles. The van der Waals surface area contributed by atoms with Gasteiger partial charge < -0.3 is 9.97 Å². The summed E-state index contributed by atoms with van der Waals surface area (Å²) in [6, 6.07) is 36.5. The smallest absolute Gasteiger partial charge is 0.0701 e. The van der Waals surface area contributed by atoms with E-state index < -0.39 is 0 Å². The van der Waals surface area contributed by atoms with Crippen LogP contribution in [0.5, 0.6) is 0 Å². The van der Waals surface area contributed by atoms with E-state index in [4.69, 9.17) is 0 Å². The average molecular weight is 622 g/mol. The molecule has 9 rings (SSSR count). The number of benzene rings is 2. The Hall–Kier alpha value is -5.46. The van der Waals surface area contributed by atoms with E-state index in [9.17, 15) is 0 Å². The number of nitrogens with one attached hydrogen (secondary N) is 3. The molecular weight excluding hydrogens is 596 g/mol. The summed E-state index contributed by atoms with van der Waals surface area (Å²) in [4.78, 5) is 27.7. The Morgan fingerprint density at radius 3 is 1.45 bits per heavy atom. The maximum absolute atomic E-state index is 4.63. The van der Waals surface area contributed by atoms with Crippen molar-refractivity contribution in [1.82, 2.24) is 34.9 Å². The summed E-state index contributed by atoms with van der Waals surface area (Å²) in [5.74, 6) is 0. The molecule has 7 nitrogen and oxygen atoms in total. The molecule has 207 valence electrons. The summed E-state index contributed by atoms with van der Waals surface area (Å²) in [5.41, 5.74) is 11.1.